The fourth-order valence-electron chi connectivity index (χ4n) is 5.32. The van der Waals surface area contributed by atoms with E-state index in [4.69, 9.17) is 9.47 Å². The van der Waals surface area contributed by atoms with Gasteiger partial charge in [0.15, 0.2) is 0 Å². The minimum atomic E-state index is -5.13. The maximum absolute atomic E-state index is 13.3. The van der Waals surface area contributed by atoms with E-state index >= 15 is 0 Å². The van der Waals surface area contributed by atoms with E-state index < -0.39 is 35.4 Å². The lowest BCUT2D eigenvalue weighted by Gasteiger charge is -2.51. The highest BCUT2D eigenvalue weighted by molar-refractivity contribution is 5.94. The summed E-state index contributed by atoms with van der Waals surface area (Å²) in [5.74, 6) is -1.99. The number of hydrogen-bond acceptors (Lipinski definition) is 5. The minimum Gasteiger partial charge on any atom is -0.493 e. The van der Waals surface area contributed by atoms with Gasteiger partial charge in [0.1, 0.15) is 17.7 Å². The molecule has 1 amide bonds. The van der Waals surface area contributed by atoms with E-state index in [2.05, 4.69) is 18.7 Å². The summed E-state index contributed by atoms with van der Waals surface area (Å²) in [6, 6.07) is 12.8. The van der Waals surface area contributed by atoms with Gasteiger partial charge in [-0.3, -0.25) is 9.69 Å². The van der Waals surface area contributed by atoms with Gasteiger partial charge in [0, 0.05) is 29.6 Å². The van der Waals surface area contributed by atoms with Crippen LogP contribution in [0.2, 0.25) is 0 Å². The number of esters is 1. The van der Waals surface area contributed by atoms with Gasteiger partial charge >= 0.3 is 12.1 Å². The van der Waals surface area contributed by atoms with Gasteiger partial charge in [-0.25, -0.2) is 9.18 Å². The first-order valence-electron chi connectivity index (χ1n) is 13.2. The Morgan fingerprint density at radius 3 is 2.28 bits per heavy atom. The minimum absolute atomic E-state index is 0.149. The van der Waals surface area contributed by atoms with Crippen molar-refractivity contribution in [1.29, 1.82) is 0 Å². The van der Waals surface area contributed by atoms with Crippen LogP contribution in [0, 0.1) is 17.2 Å². The van der Waals surface area contributed by atoms with Crippen LogP contribution in [0.5, 0.6) is 5.75 Å². The molecule has 4 rings (SSSR count). The van der Waals surface area contributed by atoms with Crippen molar-refractivity contribution in [2.75, 3.05) is 32.8 Å². The second-order valence-electron chi connectivity index (χ2n) is 10.9. The Labute approximate surface area is 225 Å². The summed E-state index contributed by atoms with van der Waals surface area (Å²) in [6.45, 7) is 6.74. The third-order valence-electron chi connectivity index (χ3n) is 7.60. The Bertz CT molecular complexity index is 1140. The fourth-order valence-corrected chi connectivity index (χ4v) is 5.32. The molecule has 0 aliphatic carbocycles. The van der Waals surface area contributed by atoms with Crippen molar-refractivity contribution in [3.63, 3.8) is 0 Å². The van der Waals surface area contributed by atoms with Gasteiger partial charge in [-0.05, 0) is 68.6 Å². The van der Waals surface area contributed by atoms with Crippen LogP contribution in [-0.4, -0.2) is 66.7 Å². The highest BCUT2D eigenvalue weighted by Gasteiger charge is 2.51. The Kier molecular flexibility index (Phi) is 8.83. The summed E-state index contributed by atoms with van der Waals surface area (Å²) in [4.78, 5) is 28.5. The summed E-state index contributed by atoms with van der Waals surface area (Å²) >= 11 is 0. The summed E-state index contributed by atoms with van der Waals surface area (Å²) in [5, 5.41) is 0. The number of rotatable bonds is 7. The first-order valence-corrected chi connectivity index (χ1v) is 13.2. The first kappa shape index (κ1) is 28.9. The maximum atomic E-state index is 13.3. The number of likely N-dealkylation sites (tertiary alicyclic amines) is 2. The Morgan fingerprint density at radius 1 is 1.00 bits per heavy atom. The average molecular weight is 551 g/mol. The molecule has 6 nitrogen and oxygen atoms in total. The number of para-hydroxylation sites is 1. The van der Waals surface area contributed by atoms with E-state index in [0.29, 0.717) is 58.0 Å². The number of piperidine rings is 2. The smallest absolute Gasteiger partial charge is 0.490 e. The molecule has 2 saturated heterocycles. The van der Waals surface area contributed by atoms with Gasteiger partial charge in [-0.2, -0.15) is 13.2 Å². The number of ether oxygens (including phenoxy) is 2. The molecule has 2 aromatic rings. The Morgan fingerprint density at radius 2 is 1.64 bits per heavy atom. The first-order chi connectivity index (χ1) is 18.5. The van der Waals surface area contributed by atoms with Crippen LogP contribution in [0.15, 0.2) is 48.5 Å². The van der Waals surface area contributed by atoms with Crippen molar-refractivity contribution in [3.05, 3.63) is 65.5 Å². The molecule has 0 N–H and O–H groups in total. The van der Waals surface area contributed by atoms with E-state index in [1.165, 1.54) is 17.0 Å². The lowest BCUT2D eigenvalue weighted by Crippen LogP contribution is -2.58. The molecule has 2 aliphatic rings. The summed E-state index contributed by atoms with van der Waals surface area (Å²) in [5.41, 5.74) is 0.584. The Hall–Kier alpha value is -3.14. The molecule has 1 atom stereocenters. The van der Waals surface area contributed by atoms with Crippen LogP contribution in [0.25, 0.3) is 0 Å². The topological polar surface area (TPSA) is 59.1 Å². The molecule has 0 bridgehead atoms. The van der Waals surface area contributed by atoms with Crippen LogP contribution in [0.4, 0.5) is 17.6 Å². The zero-order valence-electron chi connectivity index (χ0n) is 22.2. The standard InChI is InChI=1S/C29H34F4N2O4/c1-20(2)19-38-24-6-4-3-5-22(24)17-34-14-11-28(12-15-34)13-16-35(18-25(28)39-27(37)29(31,32)33)26(36)21-7-9-23(30)10-8-21/h3-10,20,25H,11-19H2,1-2H3. The van der Waals surface area contributed by atoms with Crippen molar-refractivity contribution in [2.24, 2.45) is 11.3 Å². The van der Waals surface area contributed by atoms with Crippen LogP contribution in [-0.2, 0) is 16.1 Å². The summed E-state index contributed by atoms with van der Waals surface area (Å²) in [7, 11) is 0. The molecule has 2 aliphatic heterocycles. The van der Waals surface area contributed by atoms with Crippen molar-refractivity contribution in [1.82, 2.24) is 9.80 Å². The van der Waals surface area contributed by atoms with E-state index in [1.807, 2.05) is 24.3 Å². The number of carbonyl (C=O) groups is 2. The molecular weight excluding hydrogens is 516 g/mol. The predicted octanol–water partition coefficient (Wildman–Crippen LogP) is 5.46. The molecule has 0 radical (unpaired) electrons. The second-order valence-corrected chi connectivity index (χ2v) is 10.9. The summed E-state index contributed by atoms with van der Waals surface area (Å²) in [6.07, 6.45) is -4.79. The summed E-state index contributed by atoms with van der Waals surface area (Å²) < 4.78 is 63.8. The van der Waals surface area contributed by atoms with Gasteiger partial charge < -0.3 is 14.4 Å². The molecule has 1 unspecified atom stereocenters. The zero-order valence-corrected chi connectivity index (χ0v) is 22.2. The van der Waals surface area contributed by atoms with Gasteiger partial charge in [0.05, 0.1) is 13.2 Å². The van der Waals surface area contributed by atoms with E-state index in [1.54, 1.807) is 0 Å². The molecule has 39 heavy (non-hydrogen) atoms. The molecule has 0 saturated carbocycles. The van der Waals surface area contributed by atoms with Crippen molar-refractivity contribution in [2.45, 2.75) is 51.9 Å². The molecular formula is C29H34F4N2O4. The largest absolute Gasteiger partial charge is 0.493 e. The van der Waals surface area contributed by atoms with Crippen LogP contribution < -0.4 is 4.74 Å². The normalized spacial score (nSPS) is 19.8. The number of hydrogen-bond donors (Lipinski definition) is 0. The van der Waals surface area contributed by atoms with Crippen LogP contribution >= 0.6 is 0 Å². The van der Waals surface area contributed by atoms with Crippen LogP contribution in [0.1, 0.15) is 49.0 Å². The molecule has 2 aromatic carbocycles. The number of carbonyl (C=O) groups excluding carboxylic acids is 2. The highest BCUT2D eigenvalue weighted by atomic mass is 19.4. The molecule has 2 fully saturated rings. The zero-order chi connectivity index (χ0) is 28.2. The highest BCUT2D eigenvalue weighted by Crippen LogP contribution is 2.44. The molecule has 212 valence electrons. The quantitative estimate of drug-likeness (QED) is 0.339. The SMILES string of the molecule is CC(C)COc1ccccc1CN1CCC2(CC1)CCN(C(=O)c1ccc(F)cc1)CC2OC(=O)C(F)(F)F. The maximum Gasteiger partial charge on any atom is 0.490 e. The molecule has 2 heterocycles. The number of nitrogens with zero attached hydrogens (tertiary/aromatic N) is 2. The van der Waals surface area contributed by atoms with E-state index in [-0.39, 0.29) is 12.1 Å². The molecule has 0 aromatic heterocycles. The van der Waals surface area contributed by atoms with Crippen molar-refractivity contribution in [3.8, 4) is 5.75 Å². The third-order valence-corrected chi connectivity index (χ3v) is 7.60. The molecule has 1 spiro atoms. The van der Waals surface area contributed by atoms with Crippen molar-refractivity contribution >= 4 is 11.9 Å². The van der Waals surface area contributed by atoms with Gasteiger partial charge in [-0.15, -0.1) is 0 Å². The van der Waals surface area contributed by atoms with Crippen LogP contribution in [0.3, 0.4) is 0 Å². The van der Waals surface area contributed by atoms with E-state index in [9.17, 15) is 27.2 Å². The lowest BCUT2D eigenvalue weighted by atomic mass is 9.69. The van der Waals surface area contributed by atoms with Gasteiger partial charge in [-0.1, -0.05) is 32.0 Å². The predicted molar refractivity (Wildman–Crippen MR) is 137 cm³/mol. The van der Waals surface area contributed by atoms with Crippen molar-refractivity contribution < 1.29 is 36.6 Å². The average Bonchev–Trinajstić information content (AvgIpc) is 2.90. The van der Waals surface area contributed by atoms with E-state index in [0.717, 1.165) is 23.4 Å². The number of alkyl halides is 3. The lowest BCUT2D eigenvalue weighted by molar-refractivity contribution is -0.216. The second kappa shape index (κ2) is 11.9. The fraction of sp³-hybridized carbons (Fsp3) is 0.517. The monoisotopic (exact) mass is 550 g/mol. The third kappa shape index (κ3) is 7.09. The van der Waals surface area contributed by atoms with Gasteiger partial charge in [0.25, 0.3) is 5.91 Å². The molecule has 10 heteroatoms. The van der Waals surface area contributed by atoms with Gasteiger partial charge in [0.2, 0.25) is 0 Å². The number of halogens is 4. The number of amides is 1. The Balaban J connectivity index is 1.46. The number of benzene rings is 2.